The Morgan fingerprint density at radius 1 is 1.24 bits per heavy atom. The first-order chi connectivity index (χ1) is 11.8. The summed E-state index contributed by atoms with van der Waals surface area (Å²) in [7, 11) is 1.69. The van der Waals surface area contributed by atoms with Gasteiger partial charge in [0.25, 0.3) is 0 Å². The molecule has 0 saturated carbocycles. The highest BCUT2D eigenvalue weighted by atomic mass is 127. The first-order valence-corrected chi connectivity index (χ1v) is 9.61. The van der Waals surface area contributed by atoms with Crippen LogP contribution in [0.4, 0.5) is 5.00 Å². The van der Waals surface area contributed by atoms with Crippen LogP contribution in [0.3, 0.4) is 0 Å². The number of piperazine rings is 1. The van der Waals surface area contributed by atoms with Crippen molar-refractivity contribution in [3.8, 4) is 0 Å². The molecular weight excluding hydrogens is 451 g/mol. The van der Waals surface area contributed by atoms with Gasteiger partial charge in [-0.1, -0.05) is 0 Å². The van der Waals surface area contributed by atoms with Gasteiger partial charge in [-0.25, -0.2) is 0 Å². The minimum Gasteiger partial charge on any atom is -0.382 e. The average Bonchev–Trinajstić information content (AvgIpc) is 3.15. The quantitative estimate of drug-likeness (QED) is 0.254. The summed E-state index contributed by atoms with van der Waals surface area (Å²) in [5, 5.41) is 6.92. The van der Waals surface area contributed by atoms with E-state index in [0.717, 1.165) is 58.3 Å². The molecule has 1 aliphatic heterocycles. The third-order valence-corrected chi connectivity index (χ3v) is 4.80. The van der Waals surface area contributed by atoms with E-state index in [1.54, 1.807) is 7.11 Å². The van der Waals surface area contributed by atoms with Gasteiger partial charge < -0.3 is 24.6 Å². The van der Waals surface area contributed by atoms with Gasteiger partial charge in [0.1, 0.15) is 0 Å². The van der Waals surface area contributed by atoms with E-state index < -0.39 is 0 Å². The average molecular weight is 482 g/mol. The molecule has 0 bridgehead atoms. The number of halogens is 1. The van der Waals surface area contributed by atoms with Crippen LogP contribution in [-0.4, -0.2) is 77.1 Å². The van der Waals surface area contributed by atoms with Gasteiger partial charge in [0.2, 0.25) is 0 Å². The molecule has 0 radical (unpaired) electrons. The van der Waals surface area contributed by atoms with Crippen molar-refractivity contribution in [3.63, 3.8) is 0 Å². The smallest absolute Gasteiger partial charge is 0.194 e. The standard InChI is InChI=1S/C17H30N4O2S.HI/c1-3-18-17(19-7-5-12-23-14-13-22-2)21-10-8-20(9-11-21)16-6-4-15-24-16;/h4,6,15H,3,5,7-14H2,1-2H3,(H,18,19);1H. The van der Waals surface area contributed by atoms with Crippen LogP contribution >= 0.6 is 35.3 Å². The normalized spacial score (nSPS) is 15.2. The van der Waals surface area contributed by atoms with Gasteiger partial charge in [0.15, 0.2) is 5.96 Å². The number of methoxy groups -OCH3 is 1. The number of thiophene rings is 1. The molecule has 1 fully saturated rings. The van der Waals surface area contributed by atoms with E-state index in [2.05, 4.69) is 39.6 Å². The number of hydrogen-bond acceptors (Lipinski definition) is 5. The highest BCUT2D eigenvalue weighted by molar-refractivity contribution is 14.0. The molecule has 0 unspecified atom stereocenters. The highest BCUT2D eigenvalue weighted by Crippen LogP contribution is 2.22. The number of hydrogen-bond donors (Lipinski definition) is 1. The predicted molar refractivity (Wildman–Crippen MR) is 117 cm³/mol. The number of anilines is 1. The fraction of sp³-hybridized carbons (Fsp3) is 0.706. The SMILES string of the molecule is CCNC(=NCCCOCCOC)N1CCN(c2cccs2)CC1.I. The lowest BCUT2D eigenvalue weighted by atomic mass is 10.3. The predicted octanol–water partition coefficient (Wildman–Crippen LogP) is 2.51. The molecule has 0 spiro atoms. The third kappa shape index (κ3) is 8.10. The number of guanidine groups is 1. The van der Waals surface area contributed by atoms with Crippen molar-refractivity contribution in [2.75, 3.05) is 71.1 Å². The van der Waals surface area contributed by atoms with Crippen molar-refractivity contribution in [2.24, 2.45) is 4.99 Å². The summed E-state index contributed by atoms with van der Waals surface area (Å²) in [5.74, 6) is 1.03. The van der Waals surface area contributed by atoms with Gasteiger partial charge >= 0.3 is 0 Å². The minimum atomic E-state index is 0. The van der Waals surface area contributed by atoms with E-state index in [1.165, 1.54) is 5.00 Å². The van der Waals surface area contributed by atoms with Gasteiger partial charge in [-0.15, -0.1) is 35.3 Å². The Balaban J connectivity index is 0.00000312. The number of nitrogens with zero attached hydrogens (tertiary/aromatic N) is 3. The van der Waals surface area contributed by atoms with E-state index in [0.29, 0.717) is 13.2 Å². The van der Waals surface area contributed by atoms with Gasteiger partial charge in [-0.2, -0.15) is 0 Å². The lowest BCUT2D eigenvalue weighted by Crippen LogP contribution is -2.52. The fourth-order valence-corrected chi connectivity index (χ4v) is 3.40. The molecule has 1 aromatic rings. The zero-order valence-electron chi connectivity index (χ0n) is 15.3. The summed E-state index contributed by atoms with van der Waals surface area (Å²) in [5.41, 5.74) is 0. The minimum absolute atomic E-state index is 0. The van der Waals surface area contributed by atoms with Gasteiger partial charge in [0, 0.05) is 53.0 Å². The van der Waals surface area contributed by atoms with Gasteiger partial charge in [0.05, 0.1) is 18.2 Å². The summed E-state index contributed by atoms with van der Waals surface area (Å²) in [6, 6.07) is 4.32. The molecule has 2 heterocycles. The molecular formula is C17H31IN4O2S. The molecule has 0 atom stereocenters. The largest absolute Gasteiger partial charge is 0.382 e. The molecule has 0 aliphatic carbocycles. The maximum Gasteiger partial charge on any atom is 0.194 e. The van der Waals surface area contributed by atoms with Crippen LogP contribution in [-0.2, 0) is 9.47 Å². The maximum absolute atomic E-state index is 5.48. The van der Waals surface area contributed by atoms with E-state index >= 15 is 0 Å². The molecule has 1 aromatic heterocycles. The zero-order chi connectivity index (χ0) is 17.0. The number of rotatable bonds is 9. The van der Waals surface area contributed by atoms with Crippen molar-refractivity contribution < 1.29 is 9.47 Å². The Morgan fingerprint density at radius 3 is 2.68 bits per heavy atom. The molecule has 2 rings (SSSR count). The molecule has 1 saturated heterocycles. The van der Waals surface area contributed by atoms with Crippen molar-refractivity contribution in [1.82, 2.24) is 10.2 Å². The van der Waals surface area contributed by atoms with Crippen LogP contribution in [0.25, 0.3) is 0 Å². The van der Waals surface area contributed by atoms with Crippen LogP contribution in [0, 0.1) is 0 Å². The van der Waals surface area contributed by atoms with Crippen LogP contribution in [0.2, 0.25) is 0 Å². The van der Waals surface area contributed by atoms with Gasteiger partial charge in [-0.3, -0.25) is 4.99 Å². The van der Waals surface area contributed by atoms with E-state index in [1.807, 2.05) is 11.3 Å². The molecule has 1 N–H and O–H groups in total. The topological polar surface area (TPSA) is 49.3 Å². The molecule has 0 amide bonds. The molecule has 1 aliphatic rings. The Labute approximate surface area is 172 Å². The summed E-state index contributed by atoms with van der Waals surface area (Å²) < 4.78 is 10.4. The van der Waals surface area contributed by atoms with Crippen LogP contribution in [0.15, 0.2) is 22.5 Å². The Bertz CT molecular complexity index is 465. The van der Waals surface area contributed by atoms with E-state index in [4.69, 9.17) is 14.5 Å². The number of aliphatic imine (C=N–C) groups is 1. The monoisotopic (exact) mass is 482 g/mol. The maximum atomic E-state index is 5.48. The second kappa shape index (κ2) is 13.6. The zero-order valence-corrected chi connectivity index (χ0v) is 18.4. The Kier molecular flexibility index (Phi) is 12.2. The fourth-order valence-electron chi connectivity index (χ4n) is 2.61. The van der Waals surface area contributed by atoms with Crippen LogP contribution in [0.5, 0.6) is 0 Å². The molecule has 25 heavy (non-hydrogen) atoms. The van der Waals surface area contributed by atoms with Crippen molar-refractivity contribution >= 4 is 46.3 Å². The summed E-state index contributed by atoms with van der Waals surface area (Å²) in [4.78, 5) is 9.56. The lowest BCUT2D eigenvalue weighted by molar-refractivity contribution is 0.0702. The lowest BCUT2D eigenvalue weighted by Gasteiger charge is -2.37. The van der Waals surface area contributed by atoms with Gasteiger partial charge in [-0.05, 0) is 30.9 Å². The number of nitrogens with one attached hydrogen (secondary N) is 1. The molecule has 0 aromatic carbocycles. The van der Waals surface area contributed by atoms with E-state index in [-0.39, 0.29) is 24.0 Å². The molecule has 6 nitrogen and oxygen atoms in total. The second-order valence-electron chi connectivity index (χ2n) is 5.62. The first kappa shape index (κ1) is 22.5. The van der Waals surface area contributed by atoms with E-state index in [9.17, 15) is 0 Å². The third-order valence-electron chi connectivity index (χ3n) is 3.87. The van der Waals surface area contributed by atoms with Crippen molar-refractivity contribution in [2.45, 2.75) is 13.3 Å². The second-order valence-corrected chi connectivity index (χ2v) is 6.55. The molecule has 144 valence electrons. The molecule has 8 heteroatoms. The van der Waals surface area contributed by atoms with Crippen LogP contribution < -0.4 is 10.2 Å². The van der Waals surface area contributed by atoms with Crippen molar-refractivity contribution in [1.29, 1.82) is 0 Å². The highest BCUT2D eigenvalue weighted by Gasteiger charge is 2.20. The Morgan fingerprint density at radius 2 is 2.04 bits per heavy atom. The Hall–Kier alpha value is -0.580. The summed E-state index contributed by atoms with van der Waals surface area (Å²) in [6.45, 7) is 9.96. The summed E-state index contributed by atoms with van der Waals surface area (Å²) in [6.07, 6.45) is 0.938. The van der Waals surface area contributed by atoms with Crippen molar-refractivity contribution in [3.05, 3.63) is 17.5 Å². The van der Waals surface area contributed by atoms with Crippen LogP contribution in [0.1, 0.15) is 13.3 Å². The first-order valence-electron chi connectivity index (χ1n) is 8.73. The number of ether oxygens (including phenoxy) is 2. The summed E-state index contributed by atoms with van der Waals surface area (Å²) >= 11 is 1.81.